The summed E-state index contributed by atoms with van der Waals surface area (Å²) in [4.78, 5) is 23.9. The summed E-state index contributed by atoms with van der Waals surface area (Å²) in [7, 11) is 1.42. The van der Waals surface area contributed by atoms with E-state index < -0.39 is 23.8 Å². The zero-order valence-electron chi connectivity index (χ0n) is 12.6. The zero-order valence-corrected chi connectivity index (χ0v) is 12.6. The molecule has 0 saturated carbocycles. The molecule has 0 aliphatic carbocycles. The van der Waals surface area contributed by atoms with Crippen molar-refractivity contribution in [2.45, 2.75) is 32.5 Å². The summed E-state index contributed by atoms with van der Waals surface area (Å²) in [5.74, 6) is -2.08. The molecule has 0 aromatic heterocycles. The van der Waals surface area contributed by atoms with Gasteiger partial charge in [0.15, 0.2) is 0 Å². The maximum Gasteiger partial charge on any atom is 0.471 e. The minimum Gasteiger partial charge on any atom is -0.443 e. The molecule has 0 atom stereocenters. The van der Waals surface area contributed by atoms with Gasteiger partial charge in [0.05, 0.1) is 0 Å². The summed E-state index contributed by atoms with van der Waals surface area (Å²) in [6, 6.07) is 5.46. The maximum absolute atomic E-state index is 12.2. The molecule has 0 aliphatic rings. The fourth-order valence-electron chi connectivity index (χ4n) is 1.43. The van der Waals surface area contributed by atoms with Gasteiger partial charge < -0.3 is 10.1 Å². The lowest BCUT2D eigenvalue weighted by atomic mass is 10.2. The highest BCUT2D eigenvalue weighted by atomic mass is 19.4. The smallest absolute Gasteiger partial charge is 0.443 e. The van der Waals surface area contributed by atoms with Gasteiger partial charge in [-0.05, 0) is 39.0 Å². The number of nitrogens with one attached hydrogen (secondary N) is 1. The molecule has 0 heterocycles. The largest absolute Gasteiger partial charge is 0.471 e. The SMILES string of the molecule is CN(C(=O)OC(C)(C)C)c1cccc(NC(=O)C(F)(F)F)c1. The van der Waals surface area contributed by atoms with Gasteiger partial charge in [0.25, 0.3) is 0 Å². The Bertz CT molecular complexity index is 565. The predicted molar refractivity (Wildman–Crippen MR) is 75.8 cm³/mol. The van der Waals surface area contributed by atoms with Crippen molar-refractivity contribution in [1.82, 2.24) is 0 Å². The summed E-state index contributed by atoms with van der Waals surface area (Å²) in [6.45, 7) is 5.08. The van der Waals surface area contributed by atoms with Crippen molar-refractivity contribution in [2.75, 3.05) is 17.3 Å². The van der Waals surface area contributed by atoms with Crippen molar-refractivity contribution in [3.63, 3.8) is 0 Å². The second-order valence-corrected chi connectivity index (χ2v) is 5.54. The lowest BCUT2D eigenvalue weighted by Gasteiger charge is -2.25. The highest BCUT2D eigenvalue weighted by molar-refractivity contribution is 5.96. The molecule has 0 aliphatic heterocycles. The number of ether oxygens (including phenoxy) is 1. The molecule has 0 spiro atoms. The Balaban J connectivity index is 2.88. The van der Waals surface area contributed by atoms with Crippen molar-refractivity contribution in [3.05, 3.63) is 24.3 Å². The molecule has 1 rings (SSSR count). The fraction of sp³-hybridized carbons (Fsp3) is 0.429. The van der Waals surface area contributed by atoms with Crippen LogP contribution in [0.15, 0.2) is 24.3 Å². The quantitative estimate of drug-likeness (QED) is 0.907. The van der Waals surface area contributed by atoms with Crippen LogP contribution in [-0.4, -0.2) is 30.8 Å². The number of carbonyl (C=O) groups is 2. The van der Waals surface area contributed by atoms with E-state index in [0.717, 1.165) is 4.90 Å². The molecule has 0 fully saturated rings. The highest BCUT2D eigenvalue weighted by Gasteiger charge is 2.38. The third-order valence-corrected chi connectivity index (χ3v) is 2.42. The third-order valence-electron chi connectivity index (χ3n) is 2.42. The van der Waals surface area contributed by atoms with Crippen LogP contribution in [-0.2, 0) is 9.53 Å². The van der Waals surface area contributed by atoms with Gasteiger partial charge in [0.2, 0.25) is 0 Å². The van der Waals surface area contributed by atoms with Crippen LogP contribution in [0.3, 0.4) is 0 Å². The average Bonchev–Trinajstić information content (AvgIpc) is 2.35. The van der Waals surface area contributed by atoms with Gasteiger partial charge in [-0.1, -0.05) is 6.07 Å². The van der Waals surface area contributed by atoms with E-state index in [2.05, 4.69) is 0 Å². The van der Waals surface area contributed by atoms with Crippen LogP contribution in [0, 0.1) is 0 Å². The van der Waals surface area contributed by atoms with Crippen LogP contribution < -0.4 is 10.2 Å². The van der Waals surface area contributed by atoms with Gasteiger partial charge in [0.1, 0.15) is 5.60 Å². The summed E-state index contributed by atoms with van der Waals surface area (Å²) in [5.41, 5.74) is -0.488. The van der Waals surface area contributed by atoms with Crippen LogP contribution in [0.1, 0.15) is 20.8 Å². The summed E-state index contributed by atoms with van der Waals surface area (Å²) in [5, 5.41) is 1.72. The molecule has 2 amide bonds. The van der Waals surface area contributed by atoms with E-state index in [0.29, 0.717) is 0 Å². The Morgan fingerprint density at radius 2 is 1.77 bits per heavy atom. The van der Waals surface area contributed by atoms with Crippen molar-refractivity contribution in [1.29, 1.82) is 0 Å². The predicted octanol–water partition coefficient (Wildman–Crippen LogP) is 3.56. The Hall–Kier alpha value is -2.25. The van der Waals surface area contributed by atoms with Crippen LogP contribution in [0.4, 0.5) is 29.3 Å². The number of carbonyl (C=O) groups excluding carboxylic acids is 2. The standard InChI is InChI=1S/C14H17F3N2O3/c1-13(2,3)22-12(21)19(4)10-7-5-6-9(8-10)18-11(20)14(15,16)17/h5-8H,1-4H3,(H,18,20). The van der Waals surface area contributed by atoms with E-state index in [1.807, 2.05) is 0 Å². The second-order valence-electron chi connectivity index (χ2n) is 5.54. The van der Waals surface area contributed by atoms with Crippen molar-refractivity contribution >= 4 is 23.4 Å². The van der Waals surface area contributed by atoms with Crippen LogP contribution >= 0.6 is 0 Å². The molecule has 0 saturated heterocycles. The first-order chi connectivity index (χ1) is 9.90. The average molecular weight is 318 g/mol. The molecule has 1 aromatic carbocycles. The molecular weight excluding hydrogens is 301 g/mol. The van der Waals surface area contributed by atoms with E-state index in [-0.39, 0.29) is 11.4 Å². The van der Waals surface area contributed by atoms with Gasteiger partial charge in [-0.2, -0.15) is 13.2 Å². The van der Waals surface area contributed by atoms with Gasteiger partial charge in [0, 0.05) is 18.4 Å². The number of hydrogen-bond donors (Lipinski definition) is 1. The lowest BCUT2D eigenvalue weighted by Crippen LogP contribution is -2.34. The number of rotatable bonds is 2. The fourth-order valence-corrected chi connectivity index (χ4v) is 1.43. The van der Waals surface area contributed by atoms with Gasteiger partial charge in [-0.15, -0.1) is 0 Å². The molecule has 0 unspecified atom stereocenters. The Kier molecular flexibility index (Phi) is 5.05. The molecule has 122 valence electrons. The topological polar surface area (TPSA) is 58.6 Å². The number of alkyl halides is 3. The summed E-state index contributed by atoms with van der Waals surface area (Å²) < 4.78 is 41.8. The maximum atomic E-state index is 12.2. The Morgan fingerprint density at radius 1 is 1.18 bits per heavy atom. The number of hydrogen-bond acceptors (Lipinski definition) is 3. The van der Waals surface area contributed by atoms with E-state index in [1.165, 1.54) is 31.3 Å². The molecule has 1 N–H and O–H groups in total. The van der Waals surface area contributed by atoms with Crippen molar-refractivity contribution in [3.8, 4) is 0 Å². The minimum absolute atomic E-state index is 0.0739. The Morgan fingerprint density at radius 3 is 2.27 bits per heavy atom. The van der Waals surface area contributed by atoms with Crippen LogP contribution in [0.25, 0.3) is 0 Å². The van der Waals surface area contributed by atoms with Gasteiger partial charge in [-0.25, -0.2) is 4.79 Å². The number of amides is 2. The molecule has 5 nitrogen and oxygen atoms in total. The van der Waals surface area contributed by atoms with Crippen LogP contribution in [0.2, 0.25) is 0 Å². The van der Waals surface area contributed by atoms with Crippen molar-refractivity contribution in [2.24, 2.45) is 0 Å². The van der Waals surface area contributed by atoms with Gasteiger partial charge >= 0.3 is 18.2 Å². The normalized spacial score (nSPS) is 11.8. The van der Waals surface area contributed by atoms with E-state index >= 15 is 0 Å². The first-order valence-corrected chi connectivity index (χ1v) is 6.35. The van der Waals surface area contributed by atoms with E-state index in [9.17, 15) is 22.8 Å². The number of anilines is 2. The molecular formula is C14H17F3N2O3. The molecule has 0 radical (unpaired) electrons. The van der Waals surface area contributed by atoms with Crippen molar-refractivity contribution < 1.29 is 27.5 Å². The Labute approximate surface area is 126 Å². The monoisotopic (exact) mass is 318 g/mol. The minimum atomic E-state index is -4.98. The third kappa shape index (κ3) is 5.27. The van der Waals surface area contributed by atoms with Crippen LogP contribution in [0.5, 0.6) is 0 Å². The lowest BCUT2D eigenvalue weighted by molar-refractivity contribution is -0.167. The van der Waals surface area contributed by atoms with Gasteiger partial charge in [-0.3, -0.25) is 9.69 Å². The summed E-state index contributed by atoms with van der Waals surface area (Å²) >= 11 is 0. The second kappa shape index (κ2) is 6.25. The van der Waals surface area contributed by atoms with E-state index in [4.69, 9.17) is 4.74 Å². The number of halogens is 3. The van der Waals surface area contributed by atoms with E-state index in [1.54, 1.807) is 26.1 Å². The molecule has 8 heteroatoms. The number of benzene rings is 1. The summed E-state index contributed by atoms with van der Waals surface area (Å²) in [6.07, 6.45) is -5.64. The highest BCUT2D eigenvalue weighted by Crippen LogP contribution is 2.23. The molecule has 22 heavy (non-hydrogen) atoms. The molecule has 1 aromatic rings. The first kappa shape index (κ1) is 17.8. The first-order valence-electron chi connectivity index (χ1n) is 6.35. The number of nitrogens with zero attached hydrogens (tertiary/aromatic N) is 1. The zero-order chi connectivity index (χ0) is 17.1. The molecule has 0 bridgehead atoms.